The molecule has 1 aliphatic heterocycles. The van der Waals surface area contributed by atoms with Crippen LogP contribution in [0, 0.1) is 0 Å². The lowest BCUT2D eigenvalue weighted by Gasteiger charge is -2.25. The molecule has 80 valence electrons. The number of hydrogen-bond acceptors (Lipinski definition) is 2. The monoisotopic (exact) mass is 202 g/mol. The molecule has 0 aromatic heterocycles. The average molecular weight is 202 g/mol. The second-order valence-corrected chi connectivity index (χ2v) is 3.39. The van der Waals surface area contributed by atoms with Gasteiger partial charge >= 0.3 is 0 Å². The van der Waals surface area contributed by atoms with Crippen LogP contribution in [0.15, 0.2) is 61.9 Å². The number of rotatable bonds is 5. The maximum Gasteiger partial charge on any atom is 0.0985 e. The van der Waals surface area contributed by atoms with E-state index in [0.717, 1.165) is 24.4 Å². The minimum absolute atomic E-state index is 0.173. The van der Waals surface area contributed by atoms with Crippen LogP contribution in [0.25, 0.3) is 0 Å². The molecule has 2 nitrogen and oxygen atoms in total. The van der Waals surface area contributed by atoms with Gasteiger partial charge < -0.3 is 4.90 Å². The van der Waals surface area contributed by atoms with E-state index in [1.54, 1.807) is 6.08 Å². The fourth-order valence-corrected chi connectivity index (χ4v) is 1.56. The first-order chi connectivity index (χ1) is 7.20. The van der Waals surface area contributed by atoms with Crippen molar-refractivity contribution in [1.29, 1.82) is 0 Å². The summed E-state index contributed by atoms with van der Waals surface area (Å²) in [4.78, 5) is 2.16. The van der Waals surface area contributed by atoms with Crippen LogP contribution in [0.5, 0.6) is 0 Å². The molecule has 0 aliphatic carbocycles. The van der Waals surface area contributed by atoms with E-state index in [0.29, 0.717) is 0 Å². The van der Waals surface area contributed by atoms with E-state index in [1.807, 2.05) is 18.2 Å². The normalized spacial score (nSPS) is 20.5. The Morgan fingerprint density at radius 1 is 1.33 bits per heavy atom. The fourth-order valence-electron chi connectivity index (χ4n) is 1.56. The van der Waals surface area contributed by atoms with Crippen molar-refractivity contribution < 1.29 is 0 Å². The van der Waals surface area contributed by atoms with Gasteiger partial charge in [-0.1, -0.05) is 50.6 Å². The van der Waals surface area contributed by atoms with E-state index in [2.05, 4.69) is 36.5 Å². The minimum Gasteiger partial charge on any atom is -0.351 e. The van der Waals surface area contributed by atoms with Crippen molar-refractivity contribution in [3.05, 3.63) is 61.9 Å². The summed E-state index contributed by atoms with van der Waals surface area (Å²) < 4.78 is 0. The molecule has 1 rings (SSSR count). The molecule has 1 fully saturated rings. The maximum absolute atomic E-state index is 4.04. The zero-order valence-electron chi connectivity index (χ0n) is 9.08. The van der Waals surface area contributed by atoms with Gasteiger partial charge in [0.2, 0.25) is 0 Å². The number of nitrogens with one attached hydrogen (secondary N) is 1. The molecule has 1 atom stereocenters. The Balaban J connectivity index is 2.67. The number of hydrogen-bond donors (Lipinski definition) is 1. The van der Waals surface area contributed by atoms with Gasteiger partial charge in [-0.3, -0.25) is 5.32 Å². The van der Waals surface area contributed by atoms with E-state index in [1.165, 1.54) is 0 Å². The standard InChI is InChI=1S/C13H18N2/c1-5-7-8-11(3)12(4)15-10-9-14-13(15)6-2/h5-8,13-14H,1-4,9-10H2. The van der Waals surface area contributed by atoms with Crippen LogP contribution in [0.1, 0.15) is 0 Å². The Kier molecular flexibility index (Phi) is 4.13. The molecule has 2 heteroatoms. The summed E-state index contributed by atoms with van der Waals surface area (Å²) in [7, 11) is 0. The zero-order valence-corrected chi connectivity index (χ0v) is 9.08. The lowest BCUT2D eigenvalue weighted by atomic mass is 10.2. The Morgan fingerprint density at radius 3 is 2.67 bits per heavy atom. The van der Waals surface area contributed by atoms with Gasteiger partial charge in [-0.15, -0.1) is 0 Å². The molecule has 15 heavy (non-hydrogen) atoms. The largest absolute Gasteiger partial charge is 0.351 e. The molecule has 1 unspecified atom stereocenters. The number of allylic oxidation sites excluding steroid dienone is 3. The van der Waals surface area contributed by atoms with Gasteiger partial charge in [0, 0.05) is 18.8 Å². The van der Waals surface area contributed by atoms with Crippen molar-refractivity contribution in [3.63, 3.8) is 0 Å². The molecule has 1 heterocycles. The second kappa shape index (κ2) is 5.37. The predicted molar refractivity (Wildman–Crippen MR) is 66.3 cm³/mol. The smallest absolute Gasteiger partial charge is 0.0985 e. The summed E-state index contributed by atoms with van der Waals surface area (Å²) in [5, 5.41) is 3.31. The topological polar surface area (TPSA) is 15.3 Å². The molecule has 0 spiro atoms. The zero-order chi connectivity index (χ0) is 11.3. The van der Waals surface area contributed by atoms with Gasteiger partial charge in [0.15, 0.2) is 0 Å². The summed E-state index contributed by atoms with van der Waals surface area (Å²) in [5.74, 6) is 0. The summed E-state index contributed by atoms with van der Waals surface area (Å²) in [6.07, 6.45) is 7.55. The van der Waals surface area contributed by atoms with Crippen LogP contribution in [-0.4, -0.2) is 24.2 Å². The summed E-state index contributed by atoms with van der Waals surface area (Å²) >= 11 is 0. The molecule has 1 N–H and O–H groups in total. The van der Waals surface area contributed by atoms with Crippen molar-refractivity contribution in [3.8, 4) is 0 Å². The molecular weight excluding hydrogens is 184 g/mol. The molecule has 0 radical (unpaired) electrons. The van der Waals surface area contributed by atoms with Crippen molar-refractivity contribution in [1.82, 2.24) is 10.2 Å². The quantitative estimate of drug-likeness (QED) is 0.543. The average Bonchev–Trinajstić information content (AvgIpc) is 2.72. The van der Waals surface area contributed by atoms with Crippen LogP contribution in [0.2, 0.25) is 0 Å². The molecule has 1 saturated heterocycles. The SMILES string of the molecule is C=CC=CC(=C)C(=C)N1CCNC1C=C. The highest BCUT2D eigenvalue weighted by molar-refractivity contribution is 5.36. The van der Waals surface area contributed by atoms with E-state index in [4.69, 9.17) is 0 Å². The van der Waals surface area contributed by atoms with E-state index in [9.17, 15) is 0 Å². The van der Waals surface area contributed by atoms with E-state index < -0.39 is 0 Å². The van der Waals surface area contributed by atoms with Gasteiger partial charge in [-0.2, -0.15) is 0 Å². The highest BCUT2D eigenvalue weighted by atomic mass is 15.3. The molecule has 0 saturated carbocycles. The molecule has 0 aromatic rings. The van der Waals surface area contributed by atoms with Gasteiger partial charge in [-0.25, -0.2) is 0 Å². The van der Waals surface area contributed by atoms with Crippen LogP contribution in [-0.2, 0) is 0 Å². The molecule has 0 aromatic carbocycles. The van der Waals surface area contributed by atoms with Crippen LogP contribution in [0.3, 0.4) is 0 Å². The van der Waals surface area contributed by atoms with Crippen molar-refractivity contribution in [2.24, 2.45) is 0 Å². The highest BCUT2D eigenvalue weighted by Gasteiger charge is 2.22. The van der Waals surface area contributed by atoms with Crippen LogP contribution in [0.4, 0.5) is 0 Å². The Morgan fingerprint density at radius 2 is 2.07 bits per heavy atom. The lowest BCUT2D eigenvalue weighted by molar-refractivity contribution is 0.363. The first-order valence-corrected chi connectivity index (χ1v) is 5.00. The third-order valence-electron chi connectivity index (χ3n) is 2.42. The summed E-state index contributed by atoms with van der Waals surface area (Å²) in [6, 6.07) is 0. The summed E-state index contributed by atoms with van der Waals surface area (Å²) in [6.45, 7) is 17.3. The van der Waals surface area contributed by atoms with E-state index in [-0.39, 0.29) is 6.17 Å². The fraction of sp³-hybridized carbons (Fsp3) is 0.231. The second-order valence-electron chi connectivity index (χ2n) is 3.39. The maximum atomic E-state index is 4.04. The molecule has 0 amide bonds. The van der Waals surface area contributed by atoms with Crippen LogP contribution >= 0.6 is 0 Å². The van der Waals surface area contributed by atoms with Gasteiger partial charge in [0.1, 0.15) is 0 Å². The van der Waals surface area contributed by atoms with E-state index >= 15 is 0 Å². The summed E-state index contributed by atoms with van der Waals surface area (Å²) in [5.41, 5.74) is 1.84. The highest BCUT2D eigenvalue weighted by Crippen LogP contribution is 2.18. The Labute approximate surface area is 92.0 Å². The lowest BCUT2D eigenvalue weighted by Crippen LogP contribution is -2.32. The number of nitrogens with zero attached hydrogens (tertiary/aromatic N) is 1. The third-order valence-corrected chi connectivity index (χ3v) is 2.42. The van der Waals surface area contributed by atoms with Crippen molar-refractivity contribution >= 4 is 0 Å². The third kappa shape index (κ3) is 2.70. The molecular formula is C13H18N2. The molecule has 1 aliphatic rings. The Bertz CT molecular complexity index is 312. The van der Waals surface area contributed by atoms with Crippen molar-refractivity contribution in [2.45, 2.75) is 6.17 Å². The first kappa shape index (κ1) is 11.5. The van der Waals surface area contributed by atoms with Crippen LogP contribution < -0.4 is 5.32 Å². The molecule has 0 bridgehead atoms. The first-order valence-electron chi connectivity index (χ1n) is 5.00. The van der Waals surface area contributed by atoms with Gasteiger partial charge in [0.25, 0.3) is 0 Å². The minimum atomic E-state index is 0.173. The predicted octanol–water partition coefficient (Wildman–Crippen LogP) is 2.22. The Hall–Kier alpha value is -1.54. The van der Waals surface area contributed by atoms with Gasteiger partial charge in [0.05, 0.1) is 6.17 Å². The van der Waals surface area contributed by atoms with Gasteiger partial charge in [-0.05, 0) is 5.57 Å². The van der Waals surface area contributed by atoms with Crippen molar-refractivity contribution in [2.75, 3.05) is 13.1 Å².